The van der Waals surface area contributed by atoms with E-state index in [1.54, 1.807) is 12.5 Å². The molecule has 0 N–H and O–H groups in total. The van der Waals surface area contributed by atoms with Gasteiger partial charge in [-0.2, -0.15) is 0 Å². The SMILES string of the molecule is C[C@]12CCCC[C@@H]1CC[C@@H]1[C@@H]2CC[C@]2(C)[C@@H](C(=O)Cn3ccnc3)CCC[C@@H]12. The lowest BCUT2D eigenvalue weighted by Crippen LogP contribution is -2.56. The number of fused-ring (bicyclic) bond motifs is 5. The Labute approximate surface area is 170 Å². The number of carbonyl (C=O) groups is 1. The highest BCUT2D eigenvalue weighted by atomic mass is 16.1. The van der Waals surface area contributed by atoms with Gasteiger partial charge in [-0.05, 0) is 85.9 Å². The monoisotopic (exact) mass is 382 g/mol. The Balaban J connectivity index is 1.39. The number of carbonyl (C=O) groups excluding carboxylic acids is 1. The Kier molecular flexibility index (Phi) is 4.71. The van der Waals surface area contributed by atoms with Gasteiger partial charge in [-0.25, -0.2) is 4.98 Å². The lowest BCUT2D eigenvalue weighted by molar-refractivity contribution is -0.155. The van der Waals surface area contributed by atoms with E-state index in [-0.39, 0.29) is 11.3 Å². The van der Waals surface area contributed by atoms with Gasteiger partial charge in [-0.3, -0.25) is 4.79 Å². The van der Waals surface area contributed by atoms with Gasteiger partial charge in [0.2, 0.25) is 0 Å². The second kappa shape index (κ2) is 6.99. The van der Waals surface area contributed by atoms with Crippen LogP contribution in [0.3, 0.4) is 0 Å². The number of hydrogen-bond acceptors (Lipinski definition) is 2. The summed E-state index contributed by atoms with van der Waals surface area (Å²) in [4.78, 5) is 17.5. The average Bonchev–Trinajstić information content (AvgIpc) is 3.19. The molecule has 7 atom stereocenters. The molecule has 4 fully saturated rings. The fourth-order valence-corrected chi connectivity index (χ4v) is 8.69. The van der Waals surface area contributed by atoms with Gasteiger partial charge in [0.25, 0.3) is 0 Å². The van der Waals surface area contributed by atoms with Crippen molar-refractivity contribution in [1.82, 2.24) is 9.55 Å². The van der Waals surface area contributed by atoms with E-state index >= 15 is 0 Å². The Morgan fingerprint density at radius 2 is 1.82 bits per heavy atom. The Morgan fingerprint density at radius 1 is 0.964 bits per heavy atom. The summed E-state index contributed by atoms with van der Waals surface area (Å²) in [6, 6.07) is 0. The van der Waals surface area contributed by atoms with Gasteiger partial charge in [0.05, 0.1) is 12.9 Å². The van der Waals surface area contributed by atoms with Gasteiger partial charge in [-0.15, -0.1) is 0 Å². The van der Waals surface area contributed by atoms with Crippen molar-refractivity contribution < 1.29 is 4.79 Å². The summed E-state index contributed by atoms with van der Waals surface area (Å²) in [5.41, 5.74) is 0.825. The van der Waals surface area contributed by atoms with Gasteiger partial charge in [0.1, 0.15) is 0 Å². The molecule has 0 bridgehead atoms. The molecule has 0 spiro atoms. The fraction of sp³-hybridized carbons (Fsp3) is 0.840. The van der Waals surface area contributed by atoms with Crippen LogP contribution in [0.5, 0.6) is 0 Å². The van der Waals surface area contributed by atoms with E-state index in [2.05, 4.69) is 18.8 Å². The van der Waals surface area contributed by atoms with Gasteiger partial charge in [0, 0.05) is 18.3 Å². The predicted molar refractivity (Wildman–Crippen MR) is 112 cm³/mol. The van der Waals surface area contributed by atoms with Crippen LogP contribution in [0, 0.1) is 40.4 Å². The maximum absolute atomic E-state index is 13.3. The van der Waals surface area contributed by atoms with E-state index in [0.29, 0.717) is 17.7 Å². The lowest BCUT2D eigenvalue weighted by atomic mass is 9.41. The molecule has 0 aromatic carbocycles. The standard InChI is InChI=1S/C25H38N2O/c1-24-12-4-3-6-18(24)9-10-19-20-7-5-8-22(25(20,2)13-11-21(19)24)23(28)16-27-15-14-26-17-27/h14-15,17-22H,3-13,16H2,1-2H3/t18-,19+,20+,21+,22-,24+,25+/m1/s1. The van der Waals surface area contributed by atoms with Crippen LogP contribution in [0.25, 0.3) is 0 Å². The molecule has 3 nitrogen and oxygen atoms in total. The number of imidazole rings is 1. The van der Waals surface area contributed by atoms with Crippen molar-refractivity contribution in [3.63, 3.8) is 0 Å². The van der Waals surface area contributed by atoms with Gasteiger partial charge in [0.15, 0.2) is 5.78 Å². The maximum atomic E-state index is 13.3. The van der Waals surface area contributed by atoms with Crippen molar-refractivity contribution in [2.24, 2.45) is 40.4 Å². The highest BCUT2D eigenvalue weighted by molar-refractivity contribution is 5.81. The van der Waals surface area contributed by atoms with Crippen molar-refractivity contribution in [2.45, 2.75) is 91.0 Å². The van der Waals surface area contributed by atoms with Crippen LogP contribution >= 0.6 is 0 Å². The first-order valence-electron chi connectivity index (χ1n) is 12.0. The number of aromatic nitrogens is 2. The van der Waals surface area contributed by atoms with Gasteiger partial charge in [-0.1, -0.05) is 33.1 Å². The van der Waals surface area contributed by atoms with Gasteiger partial charge < -0.3 is 4.57 Å². The molecule has 4 aliphatic carbocycles. The largest absolute Gasteiger partial charge is 0.330 e. The summed E-state index contributed by atoms with van der Waals surface area (Å²) >= 11 is 0. The summed E-state index contributed by atoms with van der Waals surface area (Å²) in [7, 11) is 0. The Bertz CT molecular complexity index is 712. The number of nitrogens with zero attached hydrogens (tertiary/aromatic N) is 2. The first kappa shape index (κ1) is 18.9. The van der Waals surface area contributed by atoms with E-state index in [1.165, 1.54) is 64.2 Å². The minimum atomic E-state index is 0.231. The molecule has 0 aliphatic heterocycles. The number of ketones is 1. The lowest BCUT2D eigenvalue weighted by Gasteiger charge is -2.63. The topological polar surface area (TPSA) is 34.9 Å². The van der Waals surface area contributed by atoms with E-state index in [1.807, 2.05) is 10.8 Å². The third-order valence-corrected chi connectivity index (χ3v) is 10.1. The molecule has 28 heavy (non-hydrogen) atoms. The molecule has 1 aromatic heterocycles. The van der Waals surface area contributed by atoms with Crippen LogP contribution in [0.4, 0.5) is 0 Å². The molecule has 0 saturated heterocycles. The maximum Gasteiger partial charge on any atom is 0.156 e. The highest BCUT2D eigenvalue weighted by Crippen LogP contribution is 2.66. The smallest absolute Gasteiger partial charge is 0.156 e. The molecule has 3 heteroatoms. The summed E-state index contributed by atoms with van der Waals surface area (Å²) < 4.78 is 1.97. The number of Topliss-reactive ketones (excluding diaryl/α,β-unsaturated/α-hetero) is 1. The molecule has 4 aliphatic rings. The second-order valence-electron chi connectivity index (χ2n) is 11.1. The van der Waals surface area contributed by atoms with E-state index in [0.717, 1.165) is 30.1 Å². The predicted octanol–water partition coefficient (Wildman–Crippen LogP) is 5.89. The second-order valence-corrected chi connectivity index (χ2v) is 11.1. The molecule has 4 saturated carbocycles. The third-order valence-electron chi connectivity index (χ3n) is 10.1. The van der Waals surface area contributed by atoms with E-state index < -0.39 is 0 Å². The zero-order valence-electron chi connectivity index (χ0n) is 17.9. The first-order chi connectivity index (χ1) is 13.5. The summed E-state index contributed by atoms with van der Waals surface area (Å²) in [6.07, 6.45) is 20.6. The summed E-state index contributed by atoms with van der Waals surface area (Å²) in [5.74, 6) is 4.27. The molecule has 0 radical (unpaired) electrons. The number of rotatable bonds is 3. The van der Waals surface area contributed by atoms with Crippen LogP contribution in [0.1, 0.15) is 84.5 Å². The van der Waals surface area contributed by atoms with Crippen LogP contribution < -0.4 is 0 Å². The van der Waals surface area contributed by atoms with Crippen LogP contribution in [-0.2, 0) is 11.3 Å². The van der Waals surface area contributed by atoms with Crippen molar-refractivity contribution >= 4 is 5.78 Å². The van der Waals surface area contributed by atoms with Crippen LogP contribution in [-0.4, -0.2) is 15.3 Å². The molecule has 0 amide bonds. The summed E-state index contributed by atoms with van der Waals surface area (Å²) in [6.45, 7) is 5.67. The fourth-order valence-electron chi connectivity index (χ4n) is 8.69. The highest BCUT2D eigenvalue weighted by Gasteiger charge is 2.59. The summed E-state index contributed by atoms with van der Waals surface area (Å²) in [5, 5.41) is 0. The Hall–Kier alpha value is -1.12. The van der Waals surface area contributed by atoms with Gasteiger partial charge >= 0.3 is 0 Å². The van der Waals surface area contributed by atoms with Crippen molar-refractivity contribution in [2.75, 3.05) is 0 Å². The van der Waals surface area contributed by atoms with E-state index in [4.69, 9.17) is 0 Å². The normalized spacial score (nSPS) is 45.6. The molecule has 5 rings (SSSR count). The first-order valence-corrected chi connectivity index (χ1v) is 12.0. The van der Waals surface area contributed by atoms with E-state index in [9.17, 15) is 4.79 Å². The molecule has 1 aromatic rings. The molecule has 1 heterocycles. The average molecular weight is 383 g/mol. The van der Waals surface area contributed by atoms with Crippen molar-refractivity contribution in [3.05, 3.63) is 18.7 Å². The third kappa shape index (κ3) is 2.82. The van der Waals surface area contributed by atoms with Crippen molar-refractivity contribution in [1.29, 1.82) is 0 Å². The van der Waals surface area contributed by atoms with Crippen LogP contribution in [0.2, 0.25) is 0 Å². The zero-order chi connectivity index (χ0) is 19.4. The van der Waals surface area contributed by atoms with Crippen molar-refractivity contribution in [3.8, 4) is 0 Å². The number of hydrogen-bond donors (Lipinski definition) is 0. The quantitative estimate of drug-likeness (QED) is 0.653. The molecular formula is C25H38N2O. The molecule has 154 valence electrons. The minimum Gasteiger partial charge on any atom is -0.330 e. The van der Waals surface area contributed by atoms with Crippen LogP contribution in [0.15, 0.2) is 18.7 Å². The molecular weight excluding hydrogens is 344 g/mol. The minimum absolute atomic E-state index is 0.231. The molecule has 0 unspecified atom stereocenters. The zero-order valence-corrected chi connectivity index (χ0v) is 17.9. The Morgan fingerprint density at radius 3 is 2.64 bits per heavy atom.